The minimum atomic E-state index is -0.0297. The van der Waals surface area contributed by atoms with Gasteiger partial charge in [0, 0.05) is 28.6 Å². The van der Waals surface area contributed by atoms with Crippen LogP contribution in [0.15, 0.2) is 29.6 Å². The first kappa shape index (κ1) is 16.5. The summed E-state index contributed by atoms with van der Waals surface area (Å²) in [6.45, 7) is 4.36. The van der Waals surface area contributed by atoms with Crippen molar-refractivity contribution in [2.24, 2.45) is 0 Å². The second kappa shape index (κ2) is 7.02. The fourth-order valence-electron chi connectivity index (χ4n) is 2.32. The Morgan fingerprint density at radius 1 is 1.25 bits per heavy atom. The largest absolute Gasteiger partial charge is 0.491 e. The second-order valence-corrected chi connectivity index (χ2v) is 6.54. The van der Waals surface area contributed by atoms with Gasteiger partial charge < -0.3 is 20.9 Å². The van der Waals surface area contributed by atoms with Gasteiger partial charge in [-0.05, 0) is 32.0 Å². The van der Waals surface area contributed by atoms with Gasteiger partial charge in [0.15, 0.2) is 5.13 Å². The summed E-state index contributed by atoms with van der Waals surface area (Å²) in [5.41, 5.74) is 9.08. The molecule has 0 fully saturated rings. The van der Waals surface area contributed by atoms with Crippen LogP contribution < -0.4 is 15.8 Å². The molecule has 7 heteroatoms. The number of hydrogen-bond acceptors (Lipinski definition) is 7. The van der Waals surface area contributed by atoms with Crippen molar-refractivity contribution in [3.8, 4) is 17.1 Å². The first-order valence-electron chi connectivity index (χ1n) is 7.73. The Bertz CT molecular complexity index is 848. The van der Waals surface area contributed by atoms with E-state index < -0.39 is 0 Å². The van der Waals surface area contributed by atoms with Crippen LogP contribution in [-0.2, 0) is 0 Å². The molecule has 126 valence electrons. The minimum absolute atomic E-state index is 0.0297. The number of nitrogens with one attached hydrogen (secondary N) is 1. The van der Waals surface area contributed by atoms with E-state index in [1.807, 2.05) is 29.6 Å². The van der Waals surface area contributed by atoms with Crippen molar-refractivity contribution in [1.82, 2.24) is 9.97 Å². The van der Waals surface area contributed by atoms with E-state index in [9.17, 15) is 0 Å². The highest BCUT2D eigenvalue weighted by atomic mass is 32.1. The van der Waals surface area contributed by atoms with Crippen molar-refractivity contribution < 1.29 is 9.84 Å². The number of pyridine rings is 1. The second-order valence-electron chi connectivity index (χ2n) is 5.68. The zero-order chi connectivity index (χ0) is 17.1. The lowest BCUT2D eigenvalue weighted by Crippen LogP contribution is -2.09. The van der Waals surface area contributed by atoms with Crippen LogP contribution in [0.1, 0.15) is 13.8 Å². The highest BCUT2D eigenvalue weighted by Crippen LogP contribution is 2.30. The number of thiazole rings is 1. The zero-order valence-electron chi connectivity index (χ0n) is 13.6. The molecule has 0 aliphatic rings. The van der Waals surface area contributed by atoms with Gasteiger partial charge in [0.2, 0.25) is 0 Å². The quantitative estimate of drug-likeness (QED) is 0.636. The van der Waals surface area contributed by atoms with Gasteiger partial charge >= 0.3 is 0 Å². The van der Waals surface area contributed by atoms with Crippen LogP contribution in [0.2, 0.25) is 0 Å². The summed E-state index contributed by atoms with van der Waals surface area (Å²) in [5, 5.41) is 15.8. The molecule has 0 spiro atoms. The van der Waals surface area contributed by atoms with Gasteiger partial charge in [-0.25, -0.2) is 9.97 Å². The standard InChI is InChI=1S/C17H20N4O2S/c1-10(2)19-17-21-16(9-24-17)15-8-13(18)12-4-3-11(23-6-5-22)7-14(12)20-15/h3-4,7-10,22H,5-6H2,1-2H3,(H2,18,20)(H,19,21). The van der Waals surface area contributed by atoms with Crippen LogP contribution >= 0.6 is 11.3 Å². The van der Waals surface area contributed by atoms with Gasteiger partial charge in [-0.15, -0.1) is 11.3 Å². The molecule has 0 amide bonds. The Kier molecular flexibility index (Phi) is 4.82. The number of aromatic nitrogens is 2. The van der Waals surface area contributed by atoms with Crippen LogP contribution in [0.25, 0.3) is 22.3 Å². The molecule has 0 bridgehead atoms. The van der Waals surface area contributed by atoms with Crippen molar-refractivity contribution in [1.29, 1.82) is 0 Å². The Labute approximate surface area is 144 Å². The molecular formula is C17H20N4O2S. The molecule has 24 heavy (non-hydrogen) atoms. The number of nitrogen functional groups attached to an aromatic ring is 1. The van der Waals surface area contributed by atoms with E-state index >= 15 is 0 Å². The number of aliphatic hydroxyl groups is 1. The highest BCUT2D eigenvalue weighted by molar-refractivity contribution is 7.14. The number of anilines is 2. The lowest BCUT2D eigenvalue weighted by Gasteiger charge is -2.08. The Morgan fingerprint density at radius 3 is 2.83 bits per heavy atom. The predicted octanol–water partition coefficient (Wildman–Crippen LogP) is 3.13. The topological polar surface area (TPSA) is 93.3 Å². The molecular weight excluding hydrogens is 324 g/mol. The van der Waals surface area contributed by atoms with E-state index in [1.165, 1.54) is 0 Å². The van der Waals surface area contributed by atoms with Gasteiger partial charge in [0.1, 0.15) is 18.1 Å². The fourth-order valence-corrected chi connectivity index (χ4v) is 3.18. The van der Waals surface area contributed by atoms with Gasteiger partial charge in [-0.3, -0.25) is 0 Å². The molecule has 2 aromatic heterocycles. The van der Waals surface area contributed by atoms with Crippen molar-refractivity contribution in [3.05, 3.63) is 29.6 Å². The summed E-state index contributed by atoms with van der Waals surface area (Å²) < 4.78 is 5.44. The van der Waals surface area contributed by atoms with Crippen molar-refractivity contribution in [2.75, 3.05) is 24.3 Å². The van der Waals surface area contributed by atoms with Gasteiger partial charge in [0.05, 0.1) is 17.8 Å². The van der Waals surface area contributed by atoms with E-state index in [-0.39, 0.29) is 13.2 Å². The molecule has 0 aliphatic heterocycles. The molecule has 3 aromatic rings. The van der Waals surface area contributed by atoms with Crippen molar-refractivity contribution in [2.45, 2.75) is 19.9 Å². The number of ether oxygens (including phenoxy) is 1. The monoisotopic (exact) mass is 344 g/mol. The normalized spacial score (nSPS) is 11.2. The third-order valence-corrected chi connectivity index (χ3v) is 4.13. The molecule has 0 aliphatic carbocycles. The Morgan fingerprint density at radius 2 is 2.08 bits per heavy atom. The first-order valence-corrected chi connectivity index (χ1v) is 8.61. The zero-order valence-corrected chi connectivity index (χ0v) is 14.4. The molecule has 0 unspecified atom stereocenters. The maximum atomic E-state index is 8.87. The smallest absolute Gasteiger partial charge is 0.183 e. The molecule has 0 radical (unpaired) electrons. The van der Waals surface area contributed by atoms with E-state index in [1.54, 1.807) is 11.3 Å². The molecule has 6 nitrogen and oxygen atoms in total. The summed E-state index contributed by atoms with van der Waals surface area (Å²) in [6.07, 6.45) is 0. The third kappa shape index (κ3) is 3.58. The molecule has 0 saturated carbocycles. The maximum Gasteiger partial charge on any atom is 0.183 e. The number of benzene rings is 1. The van der Waals surface area contributed by atoms with Crippen LogP contribution in [0.4, 0.5) is 10.8 Å². The average molecular weight is 344 g/mol. The highest BCUT2D eigenvalue weighted by Gasteiger charge is 2.10. The van der Waals surface area contributed by atoms with Gasteiger partial charge in [-0.1, -0.05) is 0 Å². The molecule has 1 aromatic carbocycles. The fraction of sp³-hybridized carbons (Fsp3) is 0.294. The van der Waals surface area contributed by atoms with Gasteiger partial charge in [0.25, 0.3) is 0 Å². The third-order valence-electron chi connectivity index (χ3n) is 3.35. The number of rotatable bonds is 6. The average Bonchev–Trinajstić information content (AvgIpc) is 3.00. The lowest BCUT2D eigenvalue weighted by molar-refractivity contribution is 0.201. The molecule has 0 saturated heterocycles. The SMILES string of the molecule is CC(C)Nc1nc(-c2cc(N)c3ccc(OCCO)cc3n2)cs1. The number of aliphatic hydroxyl groups excluding tert-OH is 1. The lowest BCUT2D eigenvalue weighted by atomic mass is 10.1. The van der Waals surface area contributed by atoms with Crippen molar-refractivity contribution in [3.63, 3.8) is 0 Å². The number of nitrogens with two attached hydrogens (primary N) is 1. The predicted molar refractivity (Wildman–Crippen MR) is 98.6 cm³/mol. The molecule has 0 atom stereocenters. The van der Waals surface area contributed by atoms with E-state index in [0.717, 1.165) is 27.4 Å². The summed E-state index contributed by atoms with van der Waals surface area (Å²) >= 11 is 1.54. The van der Waals surface area contributed by atoms with Gasteiger partial charge in [-0.2, -0.15) is 0 Å². The number of fused-ring (bicyclic) bond motifs is 1. The van der Waals surface area contributed by atoms with E-state index in [0.29, 0.717) is 17.5 Å². The van der Waals surface area contributed by atoms with Crippen LogP contribution in [-0.4, -0.2) is 34.3 Å². The van der Waals surface area contributed by atoms with Crippen molar-refractivity contribution >= 4 is 33.1 Å². The summed E-state index contributed by atoms with van der Waals surface area (Å²) in [6, 6.07) is 7.68. The summed E-state index contributed by atoms with van der Waals surface area (Å²) in [4.78, 5) is 9.23. The number of hydrogen-bond donors (Lipinski definition) is 3. The van der Waals surface area contributed by atoms with E-state index in [4.69, 9.17) is 15.6 Å². The molecule has 3 rings (SSSR count). The molecule has 2 heterocycles. The Hall–Kier alpha value is -2.38. The van der Waals surface area contributed by atoms with Crippen LogP contribution in [0, 0.1) is 0 Å². The van der Waals surface area contributed by atoms with Crippen LogP contribution in [0.3, 0.4) is 0 Å². The minimum Gasteiger partial charge on any atom is -0.491 e. The summed E-state index contributed by atoms with van der Waals surface area (Å²) in [7, 11) is 0. The molecule has 4 N–H and O–H groups in total. The Balaban J connectivity index is 1.97. The summed E-state index contributed by atoms with van der Waals surface area (Å²) in [5.74, 6) is 0.654. The first-order chi connectivity index (χ1) is 11.6. The number of nitrogens with zero attached hydrogens (tertiary/aromatic N) is 2. The van der Waals surface area contributed by atoms with Crippen LogP contribution in [0.5, 0.6) is 5.75 Å². The maximum absolute atomic E-state index is 8.87. The van der Waals surface area contributed by atoms with E-state index in [2.05, 4.69) is 29.1 Å².